The molecule has 16 heavy (non-hydrogen) atoms. The van der Waals surface area contributed by atoms with Crippen LogP contribution in [0.4, 0.5) is 0 Å². The number of carbonyl (C=O) groups is 1. The van der Waals surface area contributed by atoms with Crippen molar-refractivity contribution in [3.8, 4) is 0 Å². The van der Waals surface area contributed by atoms with Crippen LogP contribution in [0.15, 0.2) is 6.20 Å². The van der Waals surface area contributed by atoms with Crippen molar-refractivity contribution in [1.82, 2.24) is 15.0 Å². The molecule has 0 saturated heterocycles. The zero-order valence-corrected chi connectivity index (χ0v) is 10.3. The van der Waals surface area contributed by atoms with Crippen LogP contribution in [0.1, 0.15) is 45.7 Å². The maximum Gasteiger partial charge on any atom is 0.303 e. The summed E-state index contributed by atoms with van der Waals surface area (Å²) in [7, 11) is 0. The first-order valence-electron chi connectivity index (χ1n) is 5.83. The van der Waals surface area contributed by atoms with Crippen LogP contribution < -0.4 is 0 Å². The first-order valence-corrected chi connectivity index (χ1v) is 5.83. The number of carboxylic acids is 1. The second kappa shape index (κ2) is 8.88. The van der Waals surface area contributed by atoms with E-state index in [-0.39, 0.29) is 6.42 Å². The van der Waals surface area contributed by atoms with Crippen molar-refractivity contribution in [3.63, 3.8) is 0 Å². The Morgan fingerprint density at radius 1 is 1.50 bits per heavy atom. The number of nitrogens with zero attached hydrogens (tertiary/aromatic N) is 3. The van der Waals surface area contributed by atoms with Gasteiger partial charge in [-0.15, -0.1) is 5.10 Å². The third-order valence-corrected chi connectivity index (χ3v) is 1.92. The molecule has 0 atom stereocenters. The lowest BCUT2D eigenvalue weighted by molar-refractivity contribution is -0.136. The van der Waals surface area contributed by atoms with Crippen molar-refractivity contribution in [1.29, 1.82) is 0 Å². The predicted octanol–water partition coefficient (Wildman–Crippen LogP) is 2.12. The Hall–Kier alpha value is -1.39. The van der Waals surface area contributed by atoms with Gasteiger partial charge < -0.3 is 5.11 Å². The first-order chi connectivity index (χ1) is 7.72. The molecule has 0 fully saturated rings. The van der Waals surface area contributed by atoms with Crippen molar-refractivity contribution in [3.05, 3.63) is 11.9 Å². The maximum atomic E-state index is 10.3. The monoisotopic (exact) mass is 227 g/mol. The molecule has 1 aromatic heterocycles. The minimum atomic E-state index is -0.798. The van der Waals surface area contributed by atoms with Crippen LogP contribution in [0.5, 0.6) is 0 Å². The Labute approximate surface area is 96.5 Å². The number of carboxylic acid groups (broad SMARTS) is 1. The molecule has 0 aromatic carbocycles. The largest absolute Gasteiger partial charge is 0.481 e. The zero-order valence-electron chi connectivity index (χ0n) is 10.3. The highest BCUT2D eigenvalue weighted by atomic mass is 16.4. The third kappa shape index (κ3) is 6.16. The Morgan fingerprint density at radius 2 is 2.19 bits per heavy atom. The first kappa shape index (κ1) is 14.6. The van der Waals surface area contributed by atoms with Gasteiger partial charge in [0.1, 0.15) is 0 Å². The van der Waals surface area contributed by atoms with E-state index in [1.165, 1.54) is 0 Å². The van der Waals surface area contributed by atoms with E-state index >= 15 is 0 Å². The average molecular weight is 227 g/mol. The molecule has 0 unspecified atom stereocenters. The number of unbranched alkanes of at least 4 members (excludes halogenated alkanes) is 1. The topological polar surface area (TPSA) is 68.0 Å². The van der Waals surface area contributed by atoms with Gasteiger partial charge in [0.05, 0.1) is 12.1 Å². The molecule has 1 rings (SSSR count). The van der Waals surface area contributed by atoms with Gasteiger partial charge in [-0.1, -0.05) is 32.4 Å². The van der Waals surface area contributed by atoms with Gasteiger partial charge in [-0.3, -0.25) is 9.48 Å². The minimum Gasteiger partial charge on any atom is -0.481 e. The number of hydrogen-bond acceptors (Lipinski definition) is 3. The lowest BCUT2D eigenvalue weighted by Crippen LogP contribution is -1.98. The third-order valence-electron chi connectivity index (χ3n) is 1.92. The standard InChI is InChI=1S/C9H15N3O2.C2H6/c1-2-3-6-12-7-8(10-11-12)4-5-9(13)14;1-2/h7H,2-6H2,1H3,(H,13,14);1-2H3. The van der Waals surface area contributed by atoms with Crippen molar-refractivity contribution in [2.45, 2.75) is 53.0 Å². The quantitative estimate of drug-likeness (QED) is 0.808. The Bertz CT molecular complexity index is 297. The molecule has 1 heterocycles. The van der Waals surface area contributed by atoms with Crippen molar-refractivity contribution >= 4 is 5.97 Å². The Kier molecular flexibility index (Phi) is 8.11. The highest BCUT2D eigenvalue weighted by Gasteiger charge is 2.03. The normalized spacial score (nSPS) is 9.44. The van der Waals surface area contributed by atoms with Crippen molar-refractivity contribution in [2.24, 2.45) is 0 Å². The summed E-state index contributed by atoms with van der Waals surface area (Å²) < 4.78 is 1.76. The van der Waals surface area contributed by atoms with E-state index < -0.39 is 5.97 Å². The molecule has 92 valence electrons. The summed E-state index contributed by atoms with van der Waals surface area (Å²) >= 11 is 0. The molecule has 5 nitrogen and oxygen atoms in total. The van der Waals surface area contributed by atoms with E-state index in [0.717, 1.165) is 25.1 Å². The van der Waals surface area contributed by atoms with Gasteiger partial charge in [-0.2, -0.15) is 0 Å². The van der Waals surface area contributed by atoms with Gasteiger partial charge in [0.2, 0.25) is 0 Å². The molecule has 5 heteroatoms. The summed E-state index contributed by atoms with van der Waals surface area (Å²) in [6, 6.07) is 0. The van der Waals surface area contributed by atoms with Crippen LogP contribution in [-0.2, 0) is 17.8 Å². The van der Waals surface area contributed by atoms with Gasteiger partial charge >= 0.3 is 5.97 Å². The van der Waals surface area contributed by atoms with E-state index in [0.29, 0.717) is 6.42 Å². The van der Waals surface area contributed by atoms with Gasteiger partial charge in [-0.05, 0) is 6.42 Å². The zero-order chi connectivity index (χ0) is 12.4. The van der Waals surface area contributed by atoms with Crippen LogP contribution in [-0.4, -0.2) is 26.1 Å². The Morgan fingerprint density at radius 3 is 2.75 bits per heavy atom. The summed E-state index contributed by atoms with van der Waals surface area (Å²) in [6.07, 6.45) is 4.58. The van der Waals surface area contributed by atoms with Gasteiger partial charge in [-0.25, -0.2) is 0 Å². The Balaban J connectivity index is 0.00000106. The van der Waals surface area contributed by atoms with E-state index in [2.05, 4.69) is 17.2 Å². The number of aromatic nitrogens is 3. The van der Waals surface area contributed by atoms with Crippen LogP contribution in [0, 0.1) is 0 Å². The molecular formula is C11H21N3O2. The lowest BCUT2D eigenvalue weighted by Gasteiger charge is -1.95. The second-order valence-electron chi connectivity index (χ2n) is 3.22. The number of aryl methyl sites for hydroxylation is 2. The number of aliphatic carboxylic acids is 1. The van der Waals surface area contributed by atoms with Gasteiger partial charge in [0.25, 0.3) is 0 Å². The smallest absolute Gasteiger partial charge is 0.303 e. The summed E-state index contributed by atoms with van der Waals surface area (Å²) in [5.74, 6) is -0.798. The summed E-state index contributed by atoms with van der Waals surface area (Å²) in [5, 5.41) is 16.3. The fourth-order valence-corrected chi connectivity index (χ4v) is 1.12. The van der Waals surface area contributed by atoms with Gasteiger partial charge in [0.15, 0.2) is 0 Å². The highest BCUT2D eigenvalue weighted by molar-refractivity contribution is 5.66. The minimum absolute atomic E-state index is 0.118. The summed E-state index contributed by atoms with van der Waals surface area (Å²) in [4.78, 5) is 10.3. The molecule has 0 aliphatic carbocycles. The molecule has 0 saturated carbocycles. The number of rotatable bonds is 6. The summed E-state index contributed by atoms with van der Waals surface area (Å²) in [6.45, 7) is 6.97. The van der Waals surface area contributed by atoms with Crippen LogP contribution in [0.2, 0.25) is 0 Å². The molecule has 0 aliphatic heterocycles. The fraction of sp³-hybridized carbons (Fsp3) is 0.727. The molecular weight excluding hydrogens is 206 g/mol. The van der Waals surface area contributed by atoms with Crippen LogP contribution in [0.25, 0.3) is 0 Å². The SMILES string of the molecule is CC.CCCCn1cc(CCC(=O)O)nn1. The molecule has 0 radical (unpaired) electrons. The lowest BCUT2D eigenvalue weighted by atomic mass is 10.2. The molecule has 0 spiro atoms. The molecule has 1 aromatic rings. The fourth-order valence-electron chi connectivity index (χ4n) is 1.12. The predicted molar refractivity (Wildman–Crippen MR) is 62.2 cm³/mol. The van der Waals surface area contributed by atoms with E-state index in [9.17, 15) is 4.79 Å². The van der Waals surface area contributed by atoms with E-state index in [4.69, 9.17) is 5.11 Å². The molecule has 0 aliphatic rings. The van der Waals surface area contributed by atoms with Gasteiger partial charge in [0, 0.05) is 19.2 Å². The summed E-state index contributed by atoms with van der Waals surface area (Å²) in [5.41, 5.74) is 0.753. The van der Waals surface area contributed by atoms with E-state index in [1.807, 2.05) is 20.0 Å². The van der Waals surface area contributed by atoms with Crippen LogP contribution in [0.3, 0.4) is 0 Å². The molecule has 0 bridgehead atoms. The van der Waals surface area contributed by atoms with Crippen molar-refractivity contribution < 1.29 is 9.90 Å². The maximum absolute atomic E-state index is 10.3. The average Bonchev–Trinajstić information content (AvgIpc) is 2.74. The molecule has 1 N–H and O–H groups in total. The molecule has 0 amide bonds. The second-order valence-corrected chi connectivity index (χ2v) is 3.22. The van der Waals surface area contributed by atoms with E-state index in [1.54, 1.807) is 4.68 Å². The van der Waals surface area contributed by atoms with Crippen LogP contribution >= 0.6 is 0 Å². The number of hydrogen-bond donors (Lipinski definition) is 1. The highest BCUT2D eigenvalue weighted by Crippen LogP contribution is 1.99. The van der Waals surface area contributed by atoms with Crippen molar-refractivity contribution in [2.75, 3.05) is 0 Å².